The highest BCUT2D eigenvalue weighted by Crippen LogP contribution is 2.40. The number of rotatable bonds is 6. The van der Waals surface area contributed by atoms with Gasteiger partial charge in [0.1, 0.15) is 17.2 Å². The van der Waals surface area contributed by atoms with E-state index in [1.165, 1.54) is 0 Å². The van der Waals surface area contributed by atoms with Gasteiger partial charge < -0.3 is 14.9 Å². The van der Waals surface area contributed by atoms with Crippen LogP contribution in [0.15, 0.2) is 84.9 Å². The molecule has 0 heterocycles. The van der Waals surface area contributed by atoms with Crippen LogP contribution in [0.4, 0.5) is 0 Å². The van der Waals surface area contributed by atoms with E-state index in [1.807, 2.05) is 66.7 Å². The predicted octanol–water partition coefficient (Wildman–Crippen LogP) is 6.02. The molecule has 29 heavy (non-hydrogen) atoms. The Hall–Kier alpha value is -3.79. The highest BCUT2D eigenvalue weighted by Gasteiger charge is 2.13. The Bertz CT molecular complexity index is 1160. The molecule has 4 heteroatoms. The van der Waals surface area contributed by atoms with Crippen molar-refractivity contribution in [3.05, 3.63) is 90.5 Å². The molecular weight excluding hydrogens is 364 g/mol. The van der Waals surface area contributed by atoms with Crippen molar-refractivity contribution in [3.63, 3.8) is 0 Å². The molecule has 0 atom stereocenters. The minimum absolute atomic E-state index is 0.102. The molecule has 0 amide bonds. The smallest absolute Gasteiger partial charge is 0.303 e. The van der Waals surface area contributed by atoms with Crippen LogP contribution < -0.4 is 4.74 Å². The number of aromatic hydroxyl groups is 1. The summed E-state index contributed by atoms with van der Waals surface area (Å²) in [5, 5.41) is 20.8. The third-order valence-electron chi connectivity index (χ3n) is 4.81. The van der Waals surface area contributed by atoms with Crippen molar-refractivity contribution >= 4 is 16.7 Å². The predicted molar refractivity (Wildman–Crippen MR) is 114 cm³/mol. The number of phenols is 1. The van der Waals surface area contributed by atoms with Gasteiger partial charge in [0.25, 0.3) is 0 Å². The number of aliphatic carboxylic acids is 1. The number of benzene rings is 4. The lowest BCUT2D eigenvalue weighted by molar-refractivity contribution is -0.136. The van der Waals surface area contributed by atoms with Crippen LogP contribution in [0.3, 0.4) is 0 Å². The Morgan fingerprint density at radius 2 is 1.66 bits per heavy atom. The lowest BCUT2D eigenvalue weighted by Gasteiger charge is -2.15. The van der Waals surface area contributed by atoms with Crippen LogP contribution in [0.2, 0.25) is 0 Å². The molecule has 0 aliphatic rings. The van der Waals surface area contributed by atoms with E-state index < -0.39 is 5.97 Å². The van der Waals surface area contributed by atoms with Gasteiger partial charge in [-0.05, 0) is 53.3 Å². The van der Waals surface area contributed by atoms with Gasteiger partial charge in [-0.1, -0.05) is 54.6 Å². The van der Waals surface area contributed by atoms with Crippen molar-refractivity contribution in [2.24, 2.45) is 0 Å². The maximum Gasteiger partial charge on any atom is 0.303 e. The van der Waals surface area contributed by atoms with Crippen molar-refractivity contribution in [1.29, 1.82) is 0 Å². The lowest BCUT2D eigenvalue weighted by Crippen LogP contribution is -1.97. The van der Waals surface area contributed by atoms with Gasteiger partial charge in [0.05, 0.1) is 0 Å². The summed E-state index contributed by atoms with van der Waals surface area (Å²) in [6.07, 6.45) is 0.587. The largest absolute Gasteiger partial charge is 0.508 e. The summed E-state index contributed by atoms with van der Waals surface area (Å²) in [7, 11) is 0. The molecule has 0 fully saturated rings. The number of hydrogen-bond donors (Lipinski definition) is 2. The van der Waals surface area contributed by atoms with Gasteiger partial charge >= 0.3 is 5.97 Å². The van der Waals surface area contributed by atoms with Gasteiger partial charge in [-0.2, -0.15) is 0 Å². The number of aryl methyl sites for hydroxylation is 1. The number of carbonyl (C=O) groups is 1. The summed E-state index contributed by atoms with van der Waals surface area (Å²) in [5.41, 5.74) is 2.70. The summed E-state index contributed by atoms with van der Waals surface area (Å²) in [6, 6.07) is 26.6. The molecule has 0 saturated heterocycles. The molecule has 0 aliphatic carbocycles. The van der Waals surface area contributed by atoms with E-state index in [-0.39, 0.29) is 12.2 Å². The van der Waals surface area contributed by atoms with Crippen molar-refractivity contribution in [2.75, 3.05) is 0 Å². The first-order chi connectivity index (χ1) is 14.1. The molecule has 0 aliphatic heterocycles. The average Bonchev–Trinajstić information content (AvgIpc) is 2.73. The molecule has 4 aromatic rings. The lowest BCUT2D eigenvalue weighted by atomic mass is 9.99. The van der Waals surface area contributed by atoms with Crippen molar-refractivity contribution < 1.29 is 19.7 Å². The Morgan fingerprint density at radius 1 is 0.862 bits per heavy atom. The fourth-order valence-electron chi connectivity index (χ4n) is 3.35. The first-order valence-corrected chi connectivity index (χ1v) is 9.40. The molecule has 0 aromatic heterocycles. The Kier molecular flexibility index (Phi) is 5.16. The Labute approximate surface area is 168 Å². The topological polar surface area (TPSA) is 66.8 Å². The summed E-state index contributed by atoms with van der Waals surface area (Å²) in [4.78, 5) is 10.8. The van der Waals surface area contributed by atoms with Crippen LogP contribution in [-0.2, 0) is 11.2 Å². The molecule has 4 aromatic carbocycles. The summed E-state index contributed by atoms with van der Waals surface area (Å²) in [6.45, 7) is 0. The molecule has 0 saturated carbocycles. The normalized spacial score (nSPS) is 10.8. The second kappa shape index (κ2) is 8.07. The van der Waals surface area contributed by atoms with Gasteiger partial charge in [0.15, 0.2) is 0 Å². The van der Waals surface area contributed by atoms with Gasteiger partial charge in [0, 0.05) is 17.4 Å². The number of hydrogen-bond acceptors (Lipinski definition) is 3. The van der Waals surface area contributed by atoms with Crippen LogP contribution in [0.25, 0.3) is 21.9 Å². The standard InChI is InChI=1S/C25H20O4/c26-20-6-3-5-19(16-20)23-14-11-18-4-1-2-7-22(18)25(23)29-21-12-8-17(9-13-21)10-15-24(27)28/h1-9,11-14,16,26H,10,15H2,(H,27,28). The number of phenolic OH excluding ortho intramolecular Hbond substituents is 1. The monoisotopic (exact) mass is 384 g/mol. The molecule has 0 radical (unpaired) electrons. The third-order valence-corrected chi connectivity index (χ3v) is 4.81. The van der Waals surface area contributed by atoms with Crippen LogP contribution in [0.1, 0.15) is 12.0 Å². The van der Waals surface area contributed by atoms with E-state index in [9.17, 15) is 9.90 Å². The molecule has 0 bridgehead atoms. The van der Waals surface area contributed by atoms with E-state index in [2.05, 4.69) is 0 Å². The van der Waals surface area contributed by atoms with Crippen molar-refractivity contribution in [1.82, 2.24) is 0 Å². The van der Waals surface area contributed by atoms with Gasteiger partial charge in [-0.25, -0.2) is 0 Å². The van der Waals surface area contributed by atoms with Gasteiger partial charge in [0.2, 0.25) is 0 Å². The number of ether oxygens (including phenoxy) is 1. The zero-order chi connectivity index (χ0) is 20.2. The van der Waals surface area contributed by atoms with E-state index in [0.717, 1.165) is 27.5 Å². The summed E-state index contributed by atoms with van der Waals surface area (Å²) in [5.74, 6) is 0.773. The number of fused-ring (bicyclic) bond motifs is 1. The fourth-order valence-corrected chi connectivity index (χ4v) is 3.35. The van der Waals surface area contributed by atoms with Crippen LogP contribution in [-0.4, -0.2) is 16.2 Å². The number of carboxylic acid groups (broad SMARTS) is 1. The molecule has 4 nitrogen and oxygen atoms in total. The molecule has 2 N–H and O–H groups in total. The van der Waals surface area contributed by atoms with Crippen LogP contribution in [0.5, 0.6) is 17.2 Å². The van der Waals surface area contributed by atoms with E-state index >= 15 is 0 Å². The molecule has 0 spiro atoms. The highest BCUT2D eigenvalue weighted by molar-refractivity contribution is 5.95. The summed E-state index contributed by atoms with van der Waals surface area (Å²) < 4.78 is 6.30. The van der Waals surface area contributed by atoms with E-state index in [4.69, 9.17) is 9.84 Å². The second-order valence-electron chi connectivity index (χ2n) is 6.85. The van der Waals surface area contributed by atoms with E-state index in [0.29, 0.717) is 17.9 Å². The molecule has 4 rings (SSSR count). The minimum Gasteiger partial charge on any atom is -0.508 e. The Morgan fingerprint density at radius 3 is 2.41 bits per heavy atom. The van der Waals surface area contributed by atoms with Crippen molar-refractivity contribution in [2.45, 2.75) is 12.8 Å². The first-order valence-electron chi connectivity index (χ1n) is 9.40. The van der Waals surface area contributed by atoms with E-state index in [1.54, 1.807) is 18.2 Å². The maximum absolute atomic E-state index is 10.8. The third kappa shape index (κ3) is 4.22. The SMILES string of the molecule is O=C(O)CCc1ccc(Oc2c(-c3cccc(O)c3)ccc3ccccc23)cc1. The minimum atomic E-state index is -0.808. The van der Waals surface area contributed by atoms with Gasteiger partial charge in [-0.15, -0.1) is 0 Å². The average molecular weight is 384 g/mol. The second-order valence-corrected chi connectivity index (χ2v) is 6.85. The maximum atomic E-state index is 10.8. The van der Waals surface area contributed by atoms with Gasteiger partial charge in [-0.3, -0.25) is 4.79 Å². The van der Waals surface area contributed by atoms with Crippen molar-refractivity contribution in [3.8, 4) is 28.4 Å². The molecule has 0 unspecified atom stereocenters. The number of carboxylic acids is 1. The fraction of sp³-hybridized carbons (Fsp3) is 0.0800. The quantitative estimate of drug-likeness (QED) is 0.426. The molecule has 144 valence electrons. The zero-order valence-electron chi connectivity index (χ0n) is 15.7. The zero-order valence-corrected chi connectivity index (χ0v) is 15.7. The van der Waals surface area contributed by atoms with Crippen LogP contribution >= 0.6 is 0 Å². The highest BCUT2D eigenvalue weighted by atomic mass is 16.5. The van der Waals surface area contributed by atoms with Crippen LogP contribution in [0, 0.1) is 0 Å². The molecular formula is C25H20O4. The Balaban J connectivity index is 1.73. The first kappa shape index (κ1) is 18.6. The summed E-state index contributed by atoms with van der Waals surface area (Å²) >= 11 is 0.